The average Bonchev–Trinajstić information content (AvgIpc) is 2.14. The summed E-state index contributed by atoms with van der Waals surface area (Å²) in [5, 5.41) is 3.53. The van der Waals surface area contributed by atoms with Gasteiger partial charge in [-0.1, -0.05) is 0 Å². The standard InChI is InChI=1S/C9H18N2/c1-8-5-10-6-9-3-2-4-11(8)7-9/h8-10H,2-7H2,1H3. The number of rotatable bonds is 0. The lowest BCUT2D eigenvalue weighted by Gasteiger charge is -2.33. The third kappa shape index (κ3) is 1.57. The van der Waals surface area contributed by atoms with Crippen LogP contribution in [0.2, 0.25) is 0 Å². The second-order valence-corrected chi connectivity index (χ2v) is 4.01. The van der Waals surface area contributed by atoms with E-state index in [1.165, 1.54) is 39.0 Å². The molecule has 64 valence electrons. The van der Waals surface area contributed by atoms with E-state index in [1.807, 2.05) is 0 Å². The summed E-state index contributed by atoms with van der Waals surface area (Å²) in [7, 11) is 0. The van der Waals surface area contributed by atoms with Crippen LogP contribution in [0.4, 0.5) is 0 Å². The van der Waals surface area contributed by atoms with Gasteiger partial charge in [0.2, 0.25) is 0 Å². The lowest BCUT2D eigenvalue weighted by Crippen LogP contribution is -2.41. The predicted octanol–water partition coefficient (Wildman–Crippen LogP) is 0.690. The third-order valence-corrected chi connectivity index (χ3v) is 3.05. The van der Waals surface area contributed by atoms with Crippen molar-refractivity contribution in [1.29, 1.82) is 0 Å². The first-order chi connectivity index (χ1) is 5.36. The Morgan fingerprint density at radius 3 is 3.18 bits per heavy atom. The Morgan fingerprint density at radius 2 is 2.27 bits per heavy atom. The SMILES string of the molecule is CC1CNCC2CCCN1C2. The van der Waals surface area contributed by atoms with Crippen LogP contribution in [0.3, 0.4) is 0 Å². The number of piperidine rings is 1. The maximum atomic E-state index is 3.53. The van der Waals surface area contributed by atoms with Gasteiger partial charge in [0.15, 0.2) is 0 Å². The summed E-state index contributed by atoms with van der Waals surface area (Å²) in [6.07, 6.45) is 2.85. The highest BCUT2D eigenvalue weighted by atomic mass is 15.2. The molecule has 0 aliphatic carbocycles. The topological polar surface area (TPSA) is 15.3 Å². The molecule has 0 aromatic carbocycles. The molecule has 0 aromatic rings. The molecule has 1 N–H and O–H groups in total. The van der Waals surface area contributed by atoms with Gasteiger partial charge in [-0.2, -0.15) is 0 Å². The normalized spacial score (nSPS) is 45.0. The Bertz CT molecular complexity index is 134. The van der Waals surface area contributed by atoms with Crippen molar-refractivity contribution < 1.29 is 0 Å². The molecule has 2 heteroatoms. The zero-order valence-electron chi connectivity index (χ0n) is 7.34. The molecule has 3 atom stereocenters. The van der Waals surface area contributed by atoms with Gasteiger partial charge in [-0.05, 0) is 38.8 Å². The van der Waals surface area contributed by atoms with Crippen molar-refractivity contribution in [3.63, 3.8) is 0 Å². The van der Waals surface area contributed by atoms with Crippen LogP contribution in [0.5, 0.6) is 0 Å². The van der Waals surface area contributed by atoms with E-state index in [0.29, 0.717) is 0 Å². The first-order valence-electron chi connectivity index (χ1n) is 4.81. The van der Waals surface area contributed by atoms with Crippen molar-refractivity contribution in [1.82, 2.24) is 10.2 Å². The Morgan fingerprint density at radius 1 is 1.36 bits per heavy atom. The molecule has 0 radical (unpaired) electrons. The maximum absolute atomic E-state index is 3.53. The van der Waals surface area contributed by atoms with Crippen molar-refractivity contribution in [2.24, 2.45) is 5.92 Å². The van der Waals surface area contributed by atoms with E-state index >= 15 is 0 Å². The molecule has 11 heavy (non-hydrogen) atoms. The first-order valence-corrected chi connectivity index (χ1v) is 4.81. The second-order valence-electron chi connectivity index (χ2n) is 4.01. The fourth-order valence-corrected chi connectivity index (χ4v) is 2.29. The smallest absolute Gasteiger partial charge is 0.0192 e. The Hall–Kier alpha value is -0.0800. The van der Waals surface area contributed by atoms with Gasteiger partial charge in [-0.3, -0.25) is 4.90 Å². The zero-order chi connectivity index (χ0) is 7.68. The molecule has 0 aromatic heterocycles. The van der Waals surface area contributed by atoms with Crippen LogP contribution in [0.15, 0.2) is 0 Å². The Labute approximate surface area is 69.0 Å². The number of nitrogens with one attached hydrogen (secondary N) is 1. The molecular formula is C9H18N2. The van der Waals surface area contributed by atoms with Crippen LogP contribution >= 0.6 is 0 Å². The largest absolute Gasteiger partial charge is 0.315 e. The minimum Gasteiger partial charge on any atom is -0.315 e. The van der Waals surface area contributed by atoms with E-state index in [0.717, 1.165) is 12.0 Å². The van der Waals surface area contributed by atoms with Crippen molar-refractivity contribution in [3.05, 3.63) is 0 Å². The molecule has 2 aliphatic rings. The molecule has 2 aliphatic heterocycles. The molecule has 2 fully saturated rings. The third-order valence-electron chi connectivity index (χ3n) is 3.05. The summed E-state index contributed by atoms with van der Waals surface area (Å²) < 4.78 is 0. The predicted molar refractivity (Wildman–Crippen MR) is 46.6 cm³/mol. The highest BCUT2D eigenvalue weighted by molar-refractivity contribution is 4.82. The number of hydrogen-bond donors (Lipinski definition) is 1. The van der Waals surface area contributed by atoms with E-state index in [4.69, 9.17) is 0 Å². The minimum atomic E-state index is 0.764. The summed E-state index contributed by atoms with van der Waals surface area (Å²) in [5.41, 5.74) is 0. The van der Waals surface area contributed by atoms with Gasteiger partial charge in [-0.25, -0.2) is 0 Å². The zero-order valence-corrected chi connectivity index (χ0v) is 7.34. The number of hydrogen-bond acceptors (Lipinski definition) is 2. The highest BCUT2D eigenvalue weighted by Crippen LogP contribution is 2.19. The van der Waals surface area contributed by atoms with Crippen LogP contribution in [0.1, 0.15) is 19.8 Å². The van der Waals surface area contributed by atoms with Crippen LogP contribution in [0.25, 0.3) is 0 Å². The molecule has 0 spiro atoms. The van der Waals surface area contributed by atoms with E-state index in [1.54, 1.807) is 0 Å². The van der Waals surface area contributed by atoms with E-state index in [-0.39, 0.29) is 0 Å². The lowest BCUT2D eigenvalue weighted by atomic mass is 9.98. The molecule has 0 amide bonds. The van der Waals surface area contributed by atoms with Crippen LogP contribution in [0, 0.1) is 5.92 Å². The second kappa shape index (κ2) is 3.11. The summed E-state index contributed by atoms with van der Waals surface area (Å²) in [6.45, 7) is 7.45. The quantitative estimate of drug-likeness (QED) is 0.552. The van der Waals surface area contributed by atoms with Gasteiger partial charge in [0.05, 0.1) is 0 Å². The Kier molecular flexibility index (Phi) is 2.14. The van der Waals surface area contributed by atoms with Crippen molar-refractivity contribution >= 4 is 0 Å². The molecular weight excluding hydrogens is 136 g/mol. The summed E-state index contributed by atoms with van der Waals surface area (Å²) in [6, 6.07) is 0.764. The lowest BCUT2D eigenvalue weighted by molar-refractivity contribution is 0.156. The molecule has 0 saturated carbocycles. The van der Waals surface area contributed by atoms with E-state index in [9.17, 15) is 0 Å². The molecule has 2 saturated heterocycles. The molecule has 2 heterocycles. The van der Waals surface area contributed by atoms with Gasteiger partial charge in [0.1, 0.15) is 0 Å². The van der Waals surface area contributed by atoms with Crippen molar-refractivity contribution in [3.8, 4) is 0 Å². The van der Waals surface area contributed by atoms with Crippen LogP contribution in [-0.4, -0.2) is 37.1 Å². The van der Waals surface area contributed by atoms with Crippen LogP contribution < -0.4 is 5.32 Å². The first kappa shape index (κ1) is 7.56. The minimum absolute atomic E-state index is 0.764. The summed E-state index contributed by atoms with van der Waals surface area (Å²) >= 11 is 0. The molecule has 2 rings (SSSR count). The monoisotopic (exact) mass is 154 g/mol. The van der Waals surface area contributed by atoms with Gasteiger partial charge < -0.3 is 5.32 Å². The van der Waals surface area contributed by atoms with E-state index in [2.05, 4.69) is 17.1 Å². The average molecular weight is 154 g/mol. The molecule has 3 unspecified atom stereocenters. The summed E-state index contributed by atoms with van der Waals surface area (Å²) in [5.74, 6) is 0.939. The van der Waals surface area contributed by atoms with Gasteiger partial charge in [0, 0.05) is 19.1 Å². The van der Waals surface area contributed by atoms with Crippen molar-refractivity contribution in [2.45, 2.75) is 25.8 Å². The molecule has 2 nitrogen and oxygen atoms in total. The van der Waals surface area contributed by atoms with Gasteiger partial charge in [-0.15, -0.1) is 0 Å². The van der Waals surface area contributed by atoms with Gasteiger partial charge >= 0.3 is 0 Å². The maximum Gasteiger partial charge on any atom is 0.0192 e. The van der Waals surface area contributed by atoms with Crippen molar-refractivity contribution in [2.75, 3.05) is 26.2 Å². The number of nitrogens with zero attached hydrogens (tertiary/aromatic N) is 1. The fourth-order valence-electron chi connectivity index (χ4n) is 2.29. The highest BCUT2D eigenvalue weighted by Gasteiger charge is 2.25. The number of fused-ring (bicyclic) bond motifs is 2. The molecule has 2 bridgehead atoms. The van der Waals surface area contributed by atoms with Crippen LogP contribution in [-0.2, 0) is 0 Å². The van der Waals surface area contributed by atoms with Gasteiger partial charge in [0.25, 0.3) is 0 Å². The van der Waals surface area contributed by atoms with E-state index < -0.39 is 0 Å². The summed E-state index contributed by atoms with van der Waals surface area (Å²) in [4.78, 5) is 2.63. The fraction of sp³-hybridized carbons (Fsp3) is 1.00. The Balaban J connectivity index is 2.02.